The van der Waals surface area contributed by atoms with Crippen molar-refractivity contribution in [2.75, 3.05) is 7.05 Å². The predicted octanol–water partition coefficient (Wildman–Crippen LogP) is 2.55. The van der Waals surface area contributed by atoms with Crippen molar-refractivity contribution in [2.24, 2.45) is 11.8 Å². The summed E-state index contributed by atoms with van der Waals surface area (Å²) in [4.78, 5) is 15.0. The van der Waals surface area contributed by atoms with Crippen LogP contribution in [0, 0.1) is 11.8 Å². The Labute approximate surface area is 117 Å². The molecule has 108 valence electrons. The number of piperidine rings is 1. The Balaban J connectivity index is 1.86. The van der Waals surface area contributed by atoms with Crippen LogP contribution in [0.4, 0.5) is 0 Å². The van der Waals surface area contributed by atoms with Gasteiger partial charge in [0.25, 0.3) is 0 Å². The molecule has 3 nitrogen and oxygen atoms in total. The monoisotopic (exact) mass is 264 g/mol. The highest BCUT2D eigenvalue weighted by Gasteiger charge is 2.46. The molecule has 1 aliphatic carbocycles. The quantitative estimate of drug-likeness (QED) is 0.789. The summed E-state index contributed by atoms with van der Waals surface area (Å²) < 4.78 is 0. The number of fused-ring (bicyclic) bond motifs is 3. The topological polar surface area (TPSA) is 32.3 Å². The van der Waals surface area contributed by atoms with Crippen LogP contribution in [0.25, 0.3) is 0 Å². The van der Waals surface area contributed by atoms with Crippen molar-refractivity contribution in [3.05, 3.63) is 0 Å². The van der Waals surface area contributed by atoms with E-state index in [-0.39, 0.29) is 6.04 Å². The first-order valence-electron chi connectivity index (χ1n) is 8.21. The van der Waals surface area contributed by atoms with E-state index in [0.29, 0.717) is 18.0 Å². The Morgan fingerprint density at radius 3 is 2.68 bits per heavy atom. The summed E-state index contributed by atoms with van der Waals surface area (Å²) in [5.74, 6) is 2.06. The summed E-state index contributed by atoms with van der Waals surface area (Å²) >= 11 is 0. The van der Waals surface area contributed by atoms with Gasteiger partial charge in [-0.25, -0.2) is 0 Å². The van der Waals surface area contributed by atoms with E-state index < -0.39 is 0 Å². The van der Waals surface area contributed by atoms with E-state index in [0.717, 1.165) is 18.3 Å². The SMILES string of the molecule is CN[C@H]1CCCC2C3CCCCC3C[C@@H](C)N2C1=O. The zero-order chi connectivity index (χ0) is 13.4. The molecule has 0 radical (unpaired) electrons. The van der Waals surface area contributed by atoms with Gasteiger partial charge in [-0.3, -0.25) is 4.79 Å². The number of carbonyl (C=O) groups excluding carboxylic acids is 1. The zero-order valence-electron chi connectivity index (χ0n) is 12.4. The van der Waals surface area contributed by atoms with E-state index >= 15 is 0 Å². The van der Waals surface area contributed by atoms with Gasteiger partial charge in [0.05, 0.1) is 6.04 Å². The molecule has 2 heterocycles. The fraction of sp³-hybridized carbons (Fsp3) is 0.938. The molecule has 19 heavy (non-hydrogen) atoms. The van der Waals surface area contributed by atoms with Crippen LogP contribution < -0.4 is 5.32 Å². The smallest absolute Gasteiger partial charge is 0.240 e. The molecule has 0 aromatic carbocycles. The van der Waals surface area contributed by atoms with E-state index in [9.17, 15) is 4.79 Å². The minimum atomic E-state index is 0.0626. The Bertz CT molecular complexity index is 344. The van der Waals surface area contributed by atoms with Gasteiger partial charge in [-0.1, -0.05) is 19.3 Å². The van der Waals surface area contributed by atoms with Gasteiger partial charge in [0, 0.05) is 12.1 Å². The maximum atomic E-state index is 12.8. The first kappa shape index (κ1) is 13.4. The van der Waals surface area contributed by atoms with Gasteiger partial charge in [-0.2, -0.15) is 0 Å². The second-order valence-electron chi connectivity index (χ2n) is 6.88. The first-order chi connectivity index (χ1) is 9.22. The molecule has 2 aliphatic heterocycles. The number of hydrogen-bond donors (Lipinski definition) is 1. The van der Waals surface area contributed by atoms with Crippen LogP contribution in [0.2, 0.25) is 0 Å². The summed E-state index contributed by atoms with van der Waals surface area (Å²) in [6, 6.07) is 1.05. The number of nitrogens with one attached hydrogen (secondary N) is 1. The van der Waals surface area contributed by atoms with Crippen LogP contribution in [0.5, 0.6) is 0 Å². The molecule has 1 N–H and O–H groups in total. The van der Waals surface area contributed by atoms with Crippen molar-refractivity contribution >= 4 is 5.91 Å². The van der Waals surface area contributed by atoms with E-state index in [1.54, 1.807) is 0 Å². The van der Waals surface area contributed by atoms with Crippen molar-refractivity contribution < 1.29 is 4.79 Å². The molecule has 3 aliphatic rings. The highest BCUT2D eigenvalue weighted by molar-refractivity contribution is 5.83. The van der Waals surface area contributed by atoms with Gasteiger partial charge in [-0.15, -0.1) is 0 Å². The van der Waals surface area contributed by atoms with Gasteiger partial charge in [-0.05, 0) is 57.9 Å². The molecule has 3 heteroatoms. The Hall–Kier alpha value is -0.570. The van der Waals surface area contributed by atoms with Gasteiger partial charge in [0.1, 0.15) is 0 Å². The minimum Gasteiger partial charge on any atom is -0.335 e. The molecule has 3 rings (SSSR count). The summed E-state index contributed by atoms with van der Waals surface area (Å²) in [6.07, 6.45) is 10.2. The third kappa shape index (κ3) is 2.31. The number of likely N-dealkylation sites (N-methyl/N-ethyl adjacent to an activating group) is 1. The lowest BCUT2D eigenvalue weighted by atomic mass is 9.68. The number of carbonyl (C=O) groups is 1. The molecule has 0 bridgehead atoms. The summed E-state index contributed by atoms with van der Waals surface area (Å²) in [5, 5.41) is 3.23. The third-order valence-electron chi connectivity index (χ3n) is 5.83. The van der Waals surface area contributed by atoms with Crippen LogP contribution in [0.15, 0.2) is 0 Å². The molecule has 2 saturated heterocycles. The van der Waals surface area contributed by atoms with Crippen LogP contribution in [-0.4, -0.2) is 36.0 Å². The molecule has 0 spiro atoms. The predicted molar refractivity (Wildman–Crippen MR) is 76.9 cm³/mol. The van der Waals surface area contributed by atoms with Crippen LogP contribution >= 0.6 is 0 Å². The molecule has 0 aromatic heterocycles. The molecule has 3 unspecified atom stereocenters. The molecule has 1 saturated carbocycles. The van der Waals surface area contributed by atoms with Crippen LogP contribution in [-0.2, 0) is 4.79 Å². The maximum absolute atomic E-state index is 12.8. The van der Waals surface area contributed by atoms with E-state index in [2.05, 4.69) is 17.1 Å². The second-order valence-corrected chi connectivity index (χ2v) is 6.88. The van der Waals surface area contributed by atoms with E-state index in [1.807, 2.05) is 7.05 Å². The van der Waals surface area contributed by atoms with E-state index in [4.69, 9.17) is 0 Å². The number of amides is 1. The highest BCUT2D eigenvalue weighted by atomic mass is 16.2. The highest BCUT2D eigenvalue weighted by Crippen LogP contribution is 2.44. The minimum absolute atomic E-state index is 0.0626. The lowest BCUT2D eigenvalue weighted by Crippen LogP contribution is -2.58. The lowest BCUT2D eigenvalue weighted by Gasteiger charge is -2.51. The molecule has 0 aromatic rings. The average Bonchev–Trinajstić information content (AvgIpc) is 2.58. The Kier molecular flexibility index (Phi) is 3.84. The molecule has 1 amide bonds. The van der Waals surface area contributed by atoms with Crippen molar-refractivity contribution in [3.63, 3.8) is 0 Å². The molecule has 5 atom stereocenters. The summed E-state index contributed by atoms with van der Waals surface area (Å²) in [5.41, 5.74) is 0. The Morgan fingerprint density at radius 2 is 1.89 bits per heavy atom. The average molecular weight is 264 g/mol. The number of hydrogen-bond acceptors (Lipinski definition) is 2. The van der Waals surface area contributed by atoms with Gasteiger partial charge in [0.15, 0.2) is 0 Å². The van der Waals surface area contributed by atoms with Crippen molar-refractivity contribution in [1.82, 2.24) is 10.2 Å². The van der Waals surface area contributed by atoms with Crippen molar-refractivity contribution in [3.8, 4) is 0 Å². The van der Waals surface area contributed by atoms with Crippen LogP contribution in [0.1, 0.15) is 58.3 Å². The molecular weight excluding hydrogens is 236 g/mol. The lowest BCUT2D eigenvalue weighted by molar-refractivity contribution is -0.144. The maximum Gasteiger partial charge on any atom is 0.240 e. The van der Waals surface area contributed by atoms with Crippen molar-refractivity contribution in [1.29, 1.82) is 0 Å². The third-order valence-corrected chi connectivity index (χ3v) is 5.83. The molecular formula is C16H28N2O. The van der Waals surface area contributed by atoms with Gasteiger partial charge in [0.2, 0.25) is 5.91 Å². The Morgan fingerprint density at radius 1 is 1.11 bits per heavy atom. The second kappa shape index (κ2) is 5.43. The van der Waals surface area contributed by atoms with E-state index in [1.165, 1.54) is 44.9 Å². The molecule has 3 fully saturated rings. The summed E-state index contributed by atoms with van der Waals surface area (Å²) in [7, 11) is 1.93. The van der Waals surface area contributed by atoms with Crippen molar-refractivity contribution in [2.45, 2.75) is 76.4 Å². The largest absolute Gasteiger partial charge is 0.335 e. The van der Waals surface area contributed by atoms with Gasteiger partial charge < -0.3 is 10.2 Å². The normalized spacial score (nSPS) is 43.4. The van der Waals surface area contributed by atoms with Gasteiger partial charge >= 0.3 is 0 Å². The fourth-order valence-corrected chi connectivity index (χ4v) is 4.96. The number of rotatable bonds is 1. The van der Waals surface area contributed by atoms with Crippen LogP contribution in [0.3, 0.4) is 0 Å². The standard InChI is InChI=1S/C16H28N2O/c1-11-10-12-6-3-4-7-13(12)15-9-5-8-14(17-2)16(19)18(11)15/h11-15,17H,3-10H2,1-2H3/t11-,12?,13?,14+,15?/m1/s1. The fourth-order valence-electron chi connectivity index (χ4n) is 4.96. The first-order valence-corrected chi connectivity index (χ1v) is 8.21. The zero-order valence-corrected chi connectivity index (χ0v) is 12.4. The summed E-state index contributed by atoms with van der Waals surface area (Å²) in [6.45, 7) is 2.27. The number of nitrogens with zero attached hydrogens (tertiary/aromatic N) is 1.